The van der Waals surface area contributed by atoms with Gasteiger partial charge in [-0.3, -0.25) is 9.48 Å². The lowest BCUT2D eigenvalue weighted by Crippen LogP contribution is -2.48. The first-order valence-corrected chi connectivity index (χ1v) is 7.84. The lowest BCUT2D eigenvalue weighted by molar-refractivity contribution is -0.141. The third kappa shape index (κ3) is 3.76. The van der Waals surface area contributed by atoms with E-state index in [9.17, 15) is 22.4 Å². The van der Waals surface area contributed by atoms with Gasteiger partial charge in [-0.15, -0.1) is 0 Å². The highest BCUT2D eigenvalue weighted by Gasteiger charge is 2.43. The average Bonchev–Trinajstić information content (AvgIpc) is 2.97. The number of hydrogen-bond acceptors (Lipinski definition) is 2. The van der Waals surface area contributed by atoms with Gasteiger partial charge in [-0.05, 0) is 23.8 Å². The van der Waals surface area contributed by atoms with Gasteiger partial charge in [0.2, 0.25) is 5.79 Å². The minimum Gasteiger partial charge on any atom is -0.316 e. The van der Waals surface area contributed by atoms with Crippen molar-refractivity contribution in [1.29, 1.82) is 0 Å². The predicted octanol–water partition coefficient (Wildman–Crippen LogP) is 3.88. The summed E-state index contributed by atoms with van der Waals surface area (Å²) in [6, 6.07) is 5.11. The van der Waals surface area contributed by atoms with Gasteiger partial charge in [-0.25, -0.2) is 8.78 Å². The molecule has 1 aromatic carbocycles. The molecular formula is C18H14F5N3O. The van der Waals surface area contributed by atoms with E-state index in [0.717, 1.165) is 23.0 Å². The van der Waals surface area contributed by atoms with Crippen molar-refractivity contribution in [3.63, 3.8) is 0 Å². The molecule has 142 valence electrons. The minimum absolute atomic E-state index is 0.223. The van der Waals surface area contributed by atoms with Crippen molar-refractivity contribution >= 4 is 5.91 Å². The zero-order valence-electron chi connectivity index (χ0n) is 14.0. The van der Waals surface area contributed by atoms with E-state index in [1.54, 1.807) is 0 Å². The van der Waals surface area contributed by atoms with Crippen molar-refractivity contribution < 1.29 is 26.7 Å². The third-order valence-corrected chi connectivity index (χ3v) is 4.06. The molecule has 0 radical (unpaired) electrons. The summed E-state index contributed by atoms with van der Waals surface area (Å²) in [5.74, 6) is -5.54. The van der Waals surface area contributed by atoms with Gasteiger partial charge in [-0.1, -0.05) is 30.4 Å². The Labute approximate surface area is 151 Å². The van der Waals surface area contributed by atoms with Gasteiger partial charge in [0, 0.05) is 13.2 Å². The van der Waals surface area contributed by atoms with E-state index >= 15 is 4.39 Å². The molecule has 0 aliphatic heterocycles. The number of nitrogens with one attached hydrogen (secondary N) is 1. The molecule has 0 spiro atoms. The van der Waals surface area contributed by atoms with Crippen molar-refractivity contribution in [2.24, 2.45) is 7.05 Å². The van der Waals surface area contributed by atoms with Gasteiger partial charge in [0.15, 0.2) is 5.69 Å². The van der Waals surface area contributed by atoms with E-state index in [1.807, 2.05) is 5.32 Å². The number of carbonyl (C=O) groups is 1. The van der Waals surface area contributed by atoms with Crippen LogP contribution in [0.3, 0.4) is 0 Å². The summed E-state index contributed by atoms with van der Waals surface area (Å²) in [6.07, 6.45) is 1.20. The van der Waals surface area contributed by atoms with Gasteiger partial charge >= 0.3 is 6.18 Å². The summed E-state index contributed by atoms with van der Waals surface area (Å²) in [5, 5.41) is 5.22. The normalized spacial score (nSPS) is 22.1. The number of halogens is 5. The van der Waals surface area contributed by atoms with Crippen LogP contribution in [0.5, 0.6) is 0 Å². The van der Waals surface area contributed by atoms with E-state index in [1.165, 1.54) is 43.5 Å². The van der Waals surface area contributed by atoms with Crippen LogP contribution in [0.1, 0.15) is 27.5 Å². The fourth-order valence-electron chi connectivity index (χ4n) is 2.89. The van der Waals surface area contributed by atoms with Crippen LogP contribution in [0.15, 0.2) is 54.8 Å². The van der Waals surface area contributed by atoms with E-state index in [0.29, 0.717) is 0 Å². The number of amides is 1. The molecule has 1 N–H and O–H groups in total. The zero-order chi connectivity index (χ0) is 19.8. The molecule has 0 bridgehead atoms. The lowest BCUT2D eigenvalue weighted by atomic mass is 9.86. The van der Waals surface area contributed by atoms with Crippen LogP contribution in [0.25, 0.3) is 0 Å². The fourth-order valence-corrected chi connectivity index (χ4v) is 2.89. The molecule has 1 aromatic heterocycles. The molecule has 4 nitrogen and oxygen atoms in total. The summed E-state index contributed by atoms with van der Waals surface area (Å²) >= 11 is 0. The Bertz CT molecular complexity index is 931. The zero-order valence-corrected chi connectivity index (χ0v) is 14.0. The standard InChI is InChI=1S/C18H14F5N3O/c1-26-10-13(15(25-26)18(21,22)23)16(27)24-17(20)8-3-2-7-14(17)11-5-4-6-12(19)9-11/h2-10,14H,1H3,(H,24,27). The van der Waals surface area contributed by atoms with Crippen molar-refractivity contribution in [3.05, 3.63) is 77.4 Å². The smallest absolute Gasteiger partial charge is 0.316 e. The molecule has 0 saturated heterocycles. The number of aryl methyl sites for hydroxylation is 1. The molecule has 2 aromatic rings. The number of rotatable bonds is 3. The van der Waals surface area contributed by atoms with E-state index in [2.05, 4.69) is 5.10 Å². The Morgan fingerprint density at radius 1 is 1.30 bits per heavy atom. The van der Waals surface area contributed by atoms with Gasteiger partial charge in [0.1, 0.15) is 5.82 Å². The Morgan fingerprint density at radius 3 is 2.70 bits per heavy atom. The predicted molar refractivity (Wildman–Crippen MR) is 86.9 cm³/mol. The number of nitrogens with zero attached hydrogens (tertiary/aromatic N) is 2. The van der Waals surface area contributed by atoms with E-state index in [-0.39, 0.29) is 5.56 Å². The summed E-state index contributed by atoms with van der Waals surface area (Å²) in [5.41, 5.74) is -1.99. The van der Waals surface area contributed by atoms with Gasteiger partial charge in [0.25, 0.3) is 5.91 Å². The monoisotopic (exact) mass is 383 g/mol. The number of benzene rings is 1. The second kappa shape index (κ2) is 6.64. The molecule has 0 saturated carbocycles. The molecule has 2 unspecified atom stereocenters. The van der Waals surface area contributed by atoms with Crippen molar-refractivity contribution in [1.82, 2.24) is 15.1 Å². The van der Waals surface area contributed by atoms with Crippen LogP contribution < -0.4 is 5.32 Å². The maximum Gasteiger partial charge on any atom is 0.435 e. The molecule has 1 amide bonds. The first-order valence-electron chi connectivity index (χ1n) is 7.84. The molecule has 2 atom stereocenters. The summed E-state index contributed by atoms with van der Waals surface area (Å²) in [6.45, 7) is 0. The number of carbonyl (C=O) groups excluding carboxylic acids is 1. The van der Waals surface area contributed by atoms with Crippen LogP contribution in [0.2, 0.25) is 0 Å². The van der Waals surface area contributed by atoms with Crippen LogP contribution in [-0.4, -0.2) is 21.5 Å². The van der Waals surface area contributed by atoms with Crippen molar-refractivity contribution in [2.75, 3.05) is 0 Å². The Balaban J connectivity index is 1.94. The largest absolute Gasteiger partial charge is 0.435 e. The topological polar surface area (TPSA) is 46.9 Å². The summed E-state index contributed by atoms with van der Waals surface area (Å²) < 4.78 is 69.0. The van der Waals surface area contributed by atoms with Crippen LogP contribution >= 0.6 is 0 Å². The lowest BCUT2D eigenvalue weighted by Gasteiger charge is -2.32. The van der Waals surface area contributed by atoms with Crippen LogP contribution in [-0.2, 0) is 13.2 Å². The van der Waals surface area contributed by atoms with Crippen molar-refractivity contribution in [2.45, 2.75) is 17.9 Å². The fraction of sp³-hybridized carbons (Fsp3) is 0.222. The Kier molecular flexibility index (Phi) is 4.63. The maximum absolute atomic E-state index is 15.5. The van der Waals surface area contributed by atoms with Crippen molar-refractivity contribution in [3.8, 4) is 0 Å². The second-order valence-electron chi connectivity index (χ2n) is 6.06. The van der Waals surface area contributed by atoms with Gasteiger partial charge in [0.05, 0.1) is 11.5 Å². The molecule has 1 heterocycles. The Morgan fingerprint density at radius 2 is 2.04 bits per heavy atom. The number of alkyl halides is 4. The van der Waals surface area contributed by atoms with Gasteiger partial charge in [-0.2, -0.15) is 18.3 Å². The molecular weight excluding hydrogens is 369 g/mol. The van der Waals surface area contributed by atoms with Crippen LogP contribution in [0, 0.1) is 5.82 Å². The molecule has 3 rings (SSSR count). The number of hydrogen-bond donors (Lipinski definition) is 1. The second-order valence-corrected chi connectivity index (χ2v) is 6.06. The summed E-state index contributed by atoms with van der Waals surface area (Å²) in [7, 11) is 1.22. The van der Waals surface area contributed by atoms with Gasteiger partial charge < -0.3 is 5.32 Å². The highest BCUT2D eigenvalue weighted by molar-refractivity contribution is 5.96. The molecule has 27 heavy (non-hydrogen) atoms. The van der Waals surface area contributed by atoms with Crippen LogP contribution in [0.4, 0.5) is 22.0 Å². The maximum atomic E-state index is 15.5. The first-order chi connectivity index (χ1) is 12.6. The number of allylic oxidation sites excluding steroid dienone is 2. The van der Waals surface area contributed by atoms with E-state index in [4.69, 9.17) is 0 Å². The quantitative estimate of drug-likeness (QED) is 0.646. The molecule has 0 fully saturated rings. The molecule has 1 aliphatic carbocycles. The highest BCUT2D eigenvalue weighted by Crippen LogP contribution is 2.36. The molecule has 9 heteroatoms. The first kappa shape index (κ1) is 18.8. The SMILES string of the molecule is Cn1cc(C(=O)NC2(F)C=CC=CC2c2cccc(F)c2)c(C(F)(F)F)n1. The number of aromatic nitrogens is 2. The minimum atomic E-state index is -4.87. The third-order valence-electron chi connectivity index (χ3n) is 4.06. The average molecular weight is 383 g/mol. The Hall–Kier alpha value is -2.97. The van der Waals surface area contributed by atoms with E-state index < -0.39 is 40.9 Å². The highest BCUT2D eigenvalue weighted by atomic mass is 19.4. The summed E-state index contributed by atoms with van der Waals surface area (Å²) in [4.78, 5) is 12.4. The molecule has 1 aliphatic rings.